The van der Waals surface area contributed by atoms with Crippen molar-refractivity contribution in [2.75, 3.05) is 23.8 Å². The molecule has 2 aromatic carbocycles. The lowest BCUT2D eigenvalue weighted by molar-refractivity contribution is 0.102. The number of nitrogens with zero attached hydrogens (tertiary/aromatic N) is 2. The third kappa shape index (κ3) is 4.29. The van der Waals surface area contributed by atoms with Crippen LogP contribution >= 0.6 is 0 Å². The number of carbonyl (C=O) groups is 1. The summed E-state index contributed by atoms with van der Waals surface area (Å²) in [5.74, 6) is 2.13. The van der Waals surface area contributed by atoms with Crippen molar-refractivity contribution < 1.29 is 14.3 Å². The number of aryl methyl sites for hydroxylation is 3. The maximum atomic E-state index is 12.7. The molecule has 2 heterocycles. The number of fused-ring (bicyclic) bond motifs is 1. The van der Waals surface area contributed by atoms with E-state index in [9.17, 15) is 4.79 Å². The Labute approximate surface area is 169 Å². The molecule has 29 heavy (non-hydrogen) atoms. The highest BCUT2D eigenvalue weighted by Crippen LogP contribution is 2.33. The van der Waals surface area contributed by atoms with Gasteiger partial charge in [0.2, 0.25) is 0 Å². The summed E-state index contributed by atoms with van der Waals surface area (Å²) in [7, 11) is 0. The van der Waals surface area contributed by atoms with Gasteiger partial charge < -0.3 is 20.1 Å². The van der Waals surface area contributed by atoms with Crippen molar-refractivity contribution in [2.24, 2.45) is 0 Å². The average molecular weight is 390 g/mol. The van der Waals surface area contributed by atoms with Crippen LogP contribution < -0.4 is 20.1 Å². The highest BCUT2D eigenvalue weighted by atomic mass is 16.6. The summed E-state index contributed by atoms with van der Waals surface area (Å²) in [4.78, 5) is 21.3. The number of benzene rings is 2. The second-order valence-electron chi connectivity index (χ2n) is 6.92. The van der Waals surface area contributed by atoms with Crippen molar-refractivity contribution in [3.63, 3.8) is 0 Å². The molecule has 0 unspecified atom stereocenters. The fourth-order valence-corrected chi connectivity index (χ4v) is 3.03. The van der Waals surface area contributed by atoms with Crippen LogP contribution in [0.5, 0.6) is 11.5 Å². The second-order valence-corrected chi connectivity index (χ2v) is 6.92. The van der Waals surface area contributed by atoms with E-state index in [2.05, 4.69) is 20.6 Å². The van der Waals surface area contributed by atoms with Crippen molar-refractivity contribution in [1.82, 2.24) is 9.97 Å². The molecule has 2 N–H and O–H groups in total. The third-order valence-electron chi connectivity index (χ3n) is 4.65. The van der Waals surface area contributed by atoms with Gasteiger partial charge >= 0.3 is 0 Å². The van der Waals surface area contributed by atoms with Crippen molar-refractivity contribution in [3.05, 3.63) is 65.1 Å². The van der Waals surface area contributed by atoms with E-state index < -0.39 is 0 Å². The number of anilines is 3. The molecular weight excluding hydrogens is 368 g/mol. The summed E-state index contributed by atoms with van der Waals surface area (Å²) < 4.78 is 11.1. The number of ether oxygens (including phenoxy) is 2. The average Bonchev–Trinajstić information content (AvgIpc) is 2.70. The highest BCUT2D eigenvalue weighted by Gasteiger charge is 2.14. The van der Waals surface area contributed by atoms with Crippen molar-refractivity contribution in [1.29, 1.82) is 0 Å². The van der Waals surface area contributed by atoms with Gasteiger partial charge in [0.1, 0.15) is 30.5 Å². The van der Waals surface area contributed by atoms with Crippen LogP contribution in [0.3, 0.4) is 0 Å². The first kappa shape index (κ1) is 18.7. The molecule has 7 heteroatoms. The van der Waals surface area contributed by atoms with E-state index in [1.807, 2.05) is 50.2 Å². The van der Waals surface area contributed by atoms with Gasteiger partial charge in [0.25, 0.3) is 5.91 Å². The van der Waals surface area contributed by atoms with Gasteiger partial charge in [-0.2, -0.15) is 0 Å². The first-order chi connectivity index (χ1) is 14.0. The molecular formula is C22H22N4O3. The van der Waals surface area contributed by atoms with Gasteiger partial charge in [-0.3, -0.25) is 4.79 Å². The lowest BCUT2D eigenvalue weighted by Crippen LogP contribution is -2.16. The maximum Gasteiger partial charge on any atom is 0.274 e. The Balaban J connectivity index is 1.54. The zero-order chi connectivity index (χ0) is 20.4. The molecule has 148 valence electrons. The summed E-state index contributed by atoms with van der Waals surface area (Å²) in [6.07, 6.45) is 0. The SMILES string of the molecule is Cc1nc(Nc2ccc3c(c2)OCCO3)cc(C(=O)Nc2ccc(C)c(C)c2)n1. The van der Waals surface area contributed by atoms with Gasteiger partial charge in [-0.15, -0.1) is 0 Å². The smallest absolute Gasteiger partial charge is 0.274 e. The Kier molecular flexibility index (Phi) is 5.03. The molecule has 0 spiro atoms. The molecule has 0 fully saturated rings. The van der Waals surface area contributed by atoms with Crippen LogP contribution in [0.25, 0.3) is 0 Å². The number of carbonyl (C=O) groups excluding carboxylic acids is 1. The number of amides is 1. The Morgan fingerprint density at radius 3 is 2.41 bits per heavy atom. The molecule has 1 amide bonds. The Morgan fingerprint density at radius 2 is 1.62 bits per heavy atom. The van der Waals surface area contributed by atoms with E-state index in [0.29, 0.717) is 36.4 Å². The van der Waals surface area contributed by atoms with Gasteiger partial charge in [-0.25, -0.2) is 9.97 Å². The largest absolute Gasteiger partial charge is 0.486 e. The van der Waals surface area contributed by atoms with Gasteiger partial charge in [-0.05, 0) is 56.2 Å². The van der Waals surface area contributed by atoms with Crippen LogP contribution in [0, 0.1) is 20.8 Å². The van der Waals surface area contributed by atoms with Gasteiger partial charge in [0.05, 0.1) is 0 Å². The van der Waals surface area contributed by atoms with Crippen LogP contribution in [0.1, 0.15) is 27.4 Å². The molecule has 4 rings (SSSR count). The lowest BCUT2D eigenvalue weighted by atomic mass is 10.1. The van der Waals surface area contributed by atoms with E-state index in [-0.39, 0.29) is 11.6 Å². The normalized spacial score (nSPS) is 12.4. The third-order valence-corrected chi connectivity index (χ3v) is 4.65. The molecule has 0 atom stereocenters. The van der Waals surface area contributed by atoms with Crippen LogP contribution in [-0.2, 0) is 0 Å². The first-order valence-electron chi connectivity index (χ1n) is 9.39. The molecule has 0 saturated carbocycles. The summed E-state index contributed by atoms with van der Waals surface area (Å²) in [6.45, 7) is 6.86. The minimum atomic E-state index is -0.288. The number of hydrogen-bond acceptors (Lipinski definition) is 6. The second kappa shape index (κ2) is 7.79. The molecule has 1 aromatic heterocycles. The van der Waals surface area contributed by atoms with Crippen LogP contribution in [0.2, 0.25) is 0 Å². The van der Waals surface area contributed by atoms with Crippen molar-refractivity contribution in [3.8, 4) is 11.5 Å². The van der Waals surface area contributed by atoms with E-state index in [1.54, 1.807) is 13.0 Å². The van der Waals surface area contributed by atoms with Crippen molar-refractivity contribution >= 4 is 23.1 Å². The van der Waals surface area contributed by atoms with Gasteiger partial charge in [-0.1, -0.05) is 6.07 Å². The van der Waals surface area contributed by atoms with Crippen molar-refractivity contribution in [2.45, 2.75) is 20.8 Å². The lowest BCUT2D eigenvalue weighted by Gasteiger charge is -2.19. The fraction of sp³-hybridized carbons (Fsp3) is 0.227. The molecule has 1 aliphatic heterocycles. The van der Waals surface area contributed by atoms with Gasteiger partial charge in [0.15, 0.2) is 11.5 Å². The summed E-state index contributed by atoms with van der Waals surface area (Å²) in [6, 6.07) is 13.0. The zero-order valence-electron chi connectivity index (χ0n) is 16.6. The minimum absolute atomic E-state index is 0.288. The maximum absolute atomic E-state index is 12.7. The Bertz CT molecular complexity index is 1080. The van der Waals surface area contributed by atoms with E-state index in [4.69, 9.17) is 9.47 Å². The summed E-state index contributed by atoms with van der Waals surface area (Å²) >= 11 is 0. The van der Waals surface area contributed by atoms with Gasteiger partial charge in [0, 0.05) is 23.5 Å². The summed E-state index contributed by atoms with van der Waals surface area (Å²) in [5, 5.41) is 6.10. The number of rotatable bonds is 4. The van der Waals surface area contributed by atoms with E-state index in [1.165, 1.54) is 5.56 Å². The summed E-state index contributed by atoms with van der Waals surface area (Å²) in [5.41, 5.74) is 4.09. The molecule has 0 radical (unpaired) electrons. The van der Waals surface area contributed by atoms with E-state index >= 15 is 0 Å². The zero-order valence-corrected chi connectivity index (χ0v) is 16.6. The van der Waals surface area contributed by atoms with Crippen LogP contribution in [0.15, 0.2) is 42.5 Å². The first-order valence-corrected chi connectivity index (χ1v) is 9.39. The molecule has 0 aliphatic carbocycles. The Hall–Kier alpha value is -3.61. The predicted molar refractivity (Wildman–Crippen MR) is 111 cm³/mol. The standard InChI is InChI=1S/C22H22N4O3/c1-13-4-5-16(10-14(13)2)26-22(27)18-12-21(24-15(3)23-18)25-17-6-7-19-20(11-17)29-9-8-28-19/h4-7,10-12H,8-9H2,1-3H3,(H,26,27)(H,23,24,25). The topological polar surface area (TPSA) is 85.4 Å². The fourth-order valence-electron chi connectivity index (χ4n) is 3.03. The molecule has 0 bridgehead atoms. The molecule has 1 aliphatic rings. The quantitative estimate of drug-likeness (QED) is 0.695. The molecule has 0 saturated heterocycles. The predicted octanol–water partition coefficient (Wildman–Crippen LogP) is 4.17. The van der Waals surface area contributed by atoms with E-state index in [0.717, 1.165) is 16.9 Å². The number of aromatic nitrogens is 2. The van der Waals surface area contributed by atoms with Crippen LogP contribution in [0.4, 0.5) is 17.2 Å². The molecule has 3 aromatic rings. The Morgan fingerprint density at radius 1 is 0.862 bits per heavy atom. The highest BCUT2D eigenvalue weighted by molar-refractivity contribution is 6.03. The van der Waals surface area contributed by atoms with Crippen LogP contribution in [-0.4, -0.2) is 29.1 Å². The monoisotopic (exact) mass is 390 g/mol. The molecule has 7 nitrogen and oxygen atoms in total. The number of nitrogens with one attached hydrogen (secondary N) is 2. The minimum Gasteiger partial charge on any atom is -0.486 e. The number of hydrogen-bond donors (Lipinski definition) is 2.